The normalized spacial score (nSPS) is 12.0. The summed E-state index contributed by atoms with van der Waals surface area (Å²) in [6, 6.07) is 6.10. The van der Waals surface area contributed by atoms with Gasteiger partial charge in [0.2, 0.25) is 0 Å². The first-order valence-electron chi connectivity index (χ1n) is 9.77. The molecule has 2 rings (SSSR count). The van der Waals surface area contributed by atoms with E-state index in [-0.39, 0.29) is 36.3 Å². The summed E-state index contributed by atoms with van der Waals surface area (Å²) in [5.41, 5.74) is 5.76. The minimum absolute atomic E-state index is 0.00131. The highest BCUT2D eigenvalue weighted by molar-refractivity contribution is 5.96. The second-order valence-electron chi connectivity index (χ2n) is 7.07. The zero-order chi connectivity index (χ0) is 21.6. The van der Waals surface area contributed by atoms with Crippen LogP contribution in [0.25, 0.3) is 0 Å². The summed E-state index contributed by atoms with van der Waals surface area (Å²) in [6.45, 7) is 4.96. The van der Waals surface area contributed by atoms with Crippen LogP contribution in [0.15, 0.2) is 33.9 Å². The molecule has 0 fully saturated rings. The third kappa shape index (κ3) is 5.54. The van der Waals surface area contributed by atoms with Gasteiger partial charge < -0.3 is 10.6 Å². The van der Waals surface area contributed by atoms with Crippen molar-refractivity contribution in [3.63, 3.8) is 0 Å². The highest BCUT2D eigenvalue weighted by Crippen LogP contribution is 2.16. The van der Waals surface area contributed by atoms with Crippen molar-refractivity contribution < 1.29 is 14.1 Å². The highest BCUT2D eigenvalue weighted by atomic mass is 19.1. The van der Waals surface area contributed by atoms with Crippen LogP contribution in [0.4, 0.5) is 15.9 Å². The molecule has 8 nitrogen and oxygen atoms in total. The van der Waals surface area contributed by atoms with Crippen molar-refractivity contribution in [2.75, 3.05) is 30.8 Å². The van der Waals surface area contributed by atoms with Crippen molar-refractivity contribution in [1.29, 1.82) is 0 Å². The number of halogens is 1. The Labute approximate surface area is 168 Å². The molecule has 1 aromatic heterocycles. The molecule has 0 bridgehead atoms. The SMILES string of the molecule is CCCCn1c(N)c(N(CC)C(=O)C[NH+](C)Cc2ccc(F)cc2)c(=O)[nH]c1=O. The van der Waals surface area contributed by atoms with Gasteiger partial charge in [0, 0.05) is 18.7 Å². The molecule has 1 heterocycles. The molecule has 4 N–H and O–H groups in total. The number of nitrogens with two attached hydrogens (primary N) is 1. The molecule has 29 heavy (non-hydrogen) atoms. The van der Waals surface area contributed by atoms with Gasteiger partial charge in [-0.15, -0.1) is 0 Å². The molecule has 0 saturated carbocycles. The molecule has 1 aromatic carbocycles. The predicted octanol–water partition coefficient (Wildman–Crippen LogP) is 0.126. The second kappa shape index (κ2) is 10.0. The Balaban J connectivity index is 2.23. The van der Waals surface area contributed by atoms with Gasteiger partial charge in [-0.1, -0.05) is 25.5 Å². The first kappa shape index (κ1) is 22.4. The summed E-state index contributed by atoms with van der Waals surface area (Å²) >= 11 is 0. The van der Waals surface area contributed by atoms with Crippen LogP contribution in [0.3, 0.4) is 0 Å². The first-order chi connectivity index (χ1) is 13.8. The molecule has 0 radical (unpaired) electrons. The molecule has 1 unspecified atom stereocenters. The summed E-state index contributed by atoms with van der Waals surface area (Å²) < 4.78 is 14.3. The van der Waals surface area contributed by atoms with Crippen molar-refractivity contribution in [3.8, 4) is 0 Å². The fourth-order valence-electron chi connectivity index (χ4n) is 3.20. The van der Waals surface area contributed by atoms with E-state index in [1.54, 1.807) is 19.1 Å². The van der Waals surface area contributed by atoms with Gasteiger partial charge in [-0.2, -0.15) is 0 Å². The Bertz CT molecular complexity index is 952. The third-order valence-corrected chi connectivity index (χ3v) is 4.71. The van der Waals surface area contributed by atoms with Crippen LogP contribution in [0.2, 0.25) is 0 Å². The number of carbonyl (C=O) groups excluding carboxylic acids is 1. The number of carbonyl (C=O) groups is 1. The number of nitrogens with zero attached hydrogens (tertiary/aromatic N) is 2. The van der Waals surface area contributed by atoms with Gasteiger partial charge in [0.15, 0.2) is 12.2 Å². The fraction of sp³-hybridized carbons (Fsp3) is 0.450. The van der Waals surface area contributed by atoms with Crippen LogP contribution >= 0.6 is 0 Å². The molecule has 1 atom stereocenters. The second-order valence-corrected chi connectivity index (χ2v) is 7.07. The van der Waals surface area contributed by atoms with Gasteiger partial charge in [-0.05, 0) is 25.5 Å². The number of hydrogen-bond donors (Lipinski definition) is 3. The number of aromatic nitrogens is 2. The molecule has 0 spiro atoms. The van der Waals surface area contributed by atoms with Crippen LogP contribution in [0.5, 0.6) is 0 Å². The number of amides is 1. The Hall–Kier alpha value is -2.94. The van der Waals surface area contributed by atoms with E-state index in [0.29, 0.717) is 13.1 Å². The van der Waals surface area contributed by atoms with Crippen molar-refractivity contribution in [1.82, 2.24) is 9.55 Å². The van der Waals surface area contributed by atoms with E-state index in [1.807, 2.05) is 14.0 Å². The van der Waals surface area contributed by atoms with Gasteiger partial charge in [0.25, 0.3) is 11.5 Å². The minimum atomic E-state index is -0.674. The van der Waals surface area contributed by atoms with E-state index >= 15 is 0 Å². The monoisotopic (exact) mass is 406 g/mol. The zero-order valence-corrected chi connectivity index (χ0v) is 17.1. The topological polar surface area (TPSA) is 106 Å². The molecule has 158 valence electrons. The summed E-state index contributed by atoms with van der Waals surface area (Å²) in [4.78, 5) is 41.8. The molecule has 0 aliphatic heterocycles. The van der Waals surface area contributed by atoms with E-state index < -0.39 is 11.2 Å². The lowest BCUT2D eigenvalue weighted by Crippen LogP contribution is -3.09. The first-order valence-corrected chi connectivity index (χ1v) is 9.77. The van der Waals surface area contributed by atoms with Crippen LogP contribution < -0.4 is 26.8 Å². The maximum Gasteiger partial charge on any atom is 0.330 e. The van der Waals surface area contributed by atoms with Crippen LogP contribution in [0.1, 0.15) is 32.3 Å². The molecule has 2 aromatic rings. The van der Waals surface area contributed by atoms with Gasteiger partial charge in [0.05, 0.1) is 7.05 Å². The average molecular weight is 406 g/mol. The van der Waals surface area contributed by atoms with Crippen LogP contribution in [-0.2, 0) is 17.9 Å². The Morgan fingerprint density at radius 1 is 1.24 bits per heavy atom. The smallest absolute Gasteiger partial charge is 0.330 e. The van der Waals surface area contributed by atoms with Crippen molar-refractivity contribution in [2.24, 2.45) is 0 Å². The summed E-state index contributed by atoms with van der Waals surface area (Å²) in [5.74, 6) is -0.601. The van der Waals surface area contributed by atoms with Crippen molar-refractivity contribution in [2.45, 2.75) is 39.8 Å². The molecule has 1 amide bonds. The third-order valence-electron chi connectivity index (χ3n) is 4.71. The zero-order valence-electron chi connectivity index (χ0n) is 17.1. The number of benzene rings is 1. The number of nitrogens with one attached hydrogen (secondary N) is 2. The highest BCUT2D eigenvalue weighted by Gasteiger charge is 2.25. The Morgan fingerprint density at radius 2 is 1.90 bits per heavy atom. The van der Waals surface area contributed by atoms with Crippen LogP contribution in [0, 0.1) is 5.82 Å². The van der Waals surface area contributed by atoms with Gasteiger partial charge in [-0.3, -0.25) is 24.0 Å². The number of aromatic amines is 1. The van der Waals surface area contributed by atoms with E-state index in [4.69, 9.17) is 5.73 Å². The Kier molecular flexibility index (Phi) is 7.72. The van der Waals surface area contributed by atoms with Gasteiger partial charge >= 0.3 is 5.69 Å². The van der Waals surface area contributed by atoms with E-state index in [1.165, 1.54) is 21.6 Å². The number of likely N-dealkylation sites (N-methyl/N-ethyl adjacent to an activating group) is 2. The molecule has 9 heteroatoms. The number of nitrogen functional groups attached to an aromatic ring is 1. The van der Waals surface area contributed by atoms with E-state index in [9.17, 15) is 18.8 Å². The van der Waals surface area contributed by atoms with Gasteiger partial charge in [0.1, 0.15) is 18.2 Å². The average Bonchev–Trinajstić information content (AvgIpc) is 2.66. The number of quaternary nitrogens is 1. The number of anilines is 2. The lowest BCUT2D eigenvalue weighted by molar-refractivity contribution is -0.885. The van der Waals surface area contributed by atoms with Crippen molar-refractivity contribution in [3.05, 3.63) is 56.5 Å². The quantitative estimate of drug-likeness (QED) is 0.550. The lowest BCUT2D eigenvalue weighted by atomic mass is 10.2. The number of rotatable bonds is 9. The summed E-state index contributed by atoms with van der Waals surface area (Å²) in [6.07, 6.45) is 1.58. The van der Waals surface area contributed by atoms with Gasteiger partial charge in [-0.25, -0.2) is 9.18 Å². The molecule has 0 aliphatic rings. The number of unbranched alkanes of at least 4 members (excludes halogenated alkanes) is 1. The molecule has 0 aliphatic carbocycles. The predicted molar refractivity (Wildman–Crippen MR) is 111 cm³/mol. The molecular formula is C20H29FN5O3+. The van der Waals surface area contributed by atoms with Crippen LogP contribution in [-0.4, -0.2) is 35.6 Å². The van der Waals surface area contributed by atoms with Crippen molar-refractivity contribution >= 4 is 17.4 Å². The Morgan fingerprint density at radius 3 is 2.48 bits per heavy atom. The maximum absolute atomic E-state index is 13.1. The van der Waals surface area contributed by atoms with E-state index in [0.717, 1.165) is 23.3 Å². The summed E-state index contributed by atoms with van der Waals surface area (Å²) in [5, 5.41) is 0. The number of H-pyrrole nitrogens is 1. The summed E-state index contributed by atoms with van der Waals surface area (Å²) in [7, 11) is 1.84. The molecular weight excluding hydrogens is 377 g/mol. The minimum Gasteiger partial charge on any atom is -0.383 e. The lowest BCUT2D eigenvalue weighted by Gasteiger charge is -2.24. The molecule has 0 saturated heterocycles. The fourth-order valence-corrected chi connectivity index (χ4v) is 3.20. The maximum atomic E-state index is 13.1. The standard InChI is InChI=1S/C20H28FN5O3/c1-4-6-11-26-18(22)17(19(28)23-20(26)29)25(5-2)16(27)13-24(3)12-14-7-9-15(21)10-8-14/h7-10H,4-6,11-13,22H2,1-3H3,(H,23,28,29)/p+1. The van der Waals surface area contributed by atoms with E-state index in [2.05, 4.69) is 4.98 Å². The number of hydrogen-bond acceptors (Lipinski definition) is 4. The largest absolute Gasteiger partial charge is 0.383 e.